The van der Waals surface area contributed by atoms with Crippen molar-refractivity contribution in [2.24, 2.45) is 0 Å². The highest BCUT2D eigenvalue weighted by atomic mass is 32.2. The van der Waals surface area contributed by atoms with E-state index in [0.717, 1.165) is 0 Å². The molecule has 0 radical (unpaired) electrons. The van der Waals surface area contributed by atoms with Crippen LogP contribution in [0, 0.1) is 0 Å². The molecule has 92 valence electrons. The Morgan fingerprint density at radius 2 is 1.94 bits per heavy atom. The van der Waals surface area contributed by atoms with E-state index in [2.05, 4.69) is 10.3 Å². The van der Waals surface area contributed by atoms with Crippen LogP contribution >= 0.6 is 23.5 Å². The number of hydrogen-bond acceptors (Lipinski definition) is 5. The summed E-state index contributed by atoms with van der Waals surface area (Å²) in [4.78, 5) is 26.9. The summed E-state index contributed by atoms with van der Waals surface area (Å²) in [6.45, 7) is 0. The molecule has 0 aromatic carbocycles. The third-order valence-corrected chi connectivity index (χ3v) is 4.09. The second-order valence-electron chi connectivity index (χ2n) is 3.14. The van der Waals surface area contributed by atoms with Crippen molar-refractivity contribution in [3.8, 4) is 0 Å². The molecule has 5 nitrogen and oxygen atoms in total. The van der Waals surface area contributed by atoms with Crippen LogP contribution in [0.15, 0.2) is 45.0 Å². The molecule has 1 aromatic heterocycles. The van der Waals surface area contributed by atoms with Gasteiger partial charge in [-0.05, 0) is 22.9 Å². The van der Waals surface area contributed by atoms with E-state index in [-0.39, 0.29) is 5.57 Å². The fraction of sp³-hybridized carbons (Fsp3) is 0. The Morgan fingerprint density at radius 3 is 2.50 bits per heavy atom. The molecule has 0 saturated heterocycles. The summed E-state index contributed by atoms with van der Waals surface area (Å²) in [7, 11) is 0. The Labute approximate surface area is 111 Å². The standard InChI is InChI=1S/C11H8N2O3S2/c14-9(13-7-3-1-2-4-12-7)8(10(15)16)11-17-5-6-18-11/h1-6H,(H,15,16)(H,12,13,14). The van der Waals surface area contributed by atoms with Gasteiger partial charge in [0, 0.05) is 6.20 Å². The monoisotopic (exact) mass is 280 g/mol. The number of nitrogens with zero attached hydrogens (tertiary/aromatic N) is 1. The van der Waals surface area contributed by atoms with E-state index in [0.29, 0.717) is 10.1 Å². The van der Waals surface area contributed by atoms with Crippen molar-refractivity contribution < 1.29 is 14.7 Å². The zero-order chi connectivity index (χ0) is 13.0. The largest absolute Gasteiger partial charge is 0.477 e. The number of carbonyl (C=O) groups is 2. The van der Waals surface area contributed by atoms with Gasteiger partial charge in [0.15, 0.2) is 0 Å². The molecule has 0 saturated carbocycles. The van der Waals surface area contributed by atoms with E-state index >= 15 is 0 Å². The maximum Gasteiger partial charge on any atom is 0.343 e. The lowest BCUT2D eigenvalue weighted by Crippen LogP contribution is -2.21. The van der Waals surface area contributed by atoms with Gasteiger partial charge in [0.2, 0.25) is 0 Å². The minimum absolute atomic E-state index is 0.263. The van der Waals surface area contributed by atoms with Crippen molar-refractivity contribution >= 4 is 41.2 Å². The number of aromatic nitrogens is 1. The van der Waals surface area contributed by atoms with E-state index in [1.54, 1.807) is 29.0 Å². The van der Waals surface area contributed by atoms with Crippen LogP contribution in [0.1, 0.15) is 0 Å². The van der Waals surface area contributed by atoms with Gasteiger partial charge in [0.05, 0.1) is 4.24 Å². The lowest BCUT2D eigenvalue weighted by atomic mass is 10.3. The Morgan fingerprint density at radius 1 is 1.22 bits per heavy atom. The van der Waals surface area contributed by atoms with Crippen molar-refractivity contribution in [1.82, 2.24) is 4.98 Å². The van der Waals surface area contributed by atoms with Gasteiger partial charge in [-0.15, -0.1) is 0 Å². The summed E-state index contributed by atoms with van der Waals surface area (Å²) in [5.41, 5.74) is -0.263. The first-order chi connectivity index (χ1) is 8.68. The van der Waals surface area contributed by atoms with Gasteiger partial charge >= 0.3 is 5.97 Å². The topological polar surface area (TPSA) is 79.3 Å². The van der Waals surface area contributed by atoms with Gasteiger partial charge in [0.1, 0.15) is 11.4 Å². The molecule has 18 heavy (non-hydrogen) atoms. The highest BCUT2D eigenvalue weighted by molar-refractivity contribution is 8.27. The summed E-state index contributed by atoms with van der Waals surface area (Å²) in [6, 6.07) is 5.00. The van der Waals surface area contributed by atoms with Crippen molar-refractivity contribution in [2.45, 2.75) is 0 Å². The molecule has 0 spiro atoms. The Hall–Kier alpha value is -1.73. The quantitative estimate of drug-likeness (QED) is 0.502. The number of pyridine rings is 1. The van der Waals surface area contributed by atoms with Crippen LogP contribution in [0.5, 0.6) is 0 Å². The summed E-state index contributed by atoms with van der Waals surface area (Å²) in [5, 5.41) is 15.0. The Bertz CT molecular complexity index is 530. The lowest BCUT2D eigenvalue weighted by molar-refractivity contribution is -0.134. The van der Waals surface area contributed by atoms with Gasteiger partial charge in [-0.3, -0.25) is 4.79 Å². The van der Waals surface area contributed by atoms with Crippen LogP contribution in [0.3, 0.4) is 0 Å². The number of carbonyl (C=O) groups excluding carboxylic acids is 1. The zero-order valence-corrected chi connectivity index (χ0v) is 10.6. The predicted molar refractivity (Wildman–Crippen MR) is 71.9 cm³/mol. The fourth-order valence-corrected chi connectivity index (χ4v) is 3.06. The van der Waals surface area contributed by atoms with E-state index in [1.165, 1.54) is 29.7 Å². The summed E-state index contributed by atoms with van der Waals surface area (Å²) >= 11 is 2.44. The minimum Gasteiger partial charge on any atom is -0.477 e. The van der Waals surface area contributed by atoms with Gasteiger partial charge in [-0.2, -0.15) is 0 Å². The van der Waals surface area contributed by atoms with Crippen LogP contribution in [-0.4, -0.2) is 22.0 Å². The smallest absolute Gasteiger partial charge is 0.343 e. The fourth-order valence-electron chi connectivity index (χ4n) is 1.22. The summed E-state index contributed by atoms with van der Waals surface area (Å²) in [6.07, 6.45) is 1.52. The van der Waals surface area contributed by atoms with Crippen LogP contribution in [-0.2, 0) is 9.59 Å². The number of thioether (sulfide) groups is 2. The molecule has 1 amide bonds. The number of aliphatic carboxylic acids is 1. The maximum atomic E-state index is 11.9. The normalized spacial score (nSPS) is 13.4. The Balaban J connectivity index is 2.20. The molecule has 1 aliphatic rings. The van der Waals surface area contributed by atoms with Crippen molar-refractivity contribution in [3.63, 3.8) is 0 Å². The molecule has 2 rings (SSSR count). The summed E-state index contributed by atoms with van der Waals surface area (Å²) < 4.78 is 0.455. The maximum absolute atomic E-state index is 11.9. The molecule has 0 aliphatic carbocycles. The minimum atomic E-state index is -1.25. The third kappa shape index (κ3) is 2.93. The lowest BCUT2D eigenvalue weighted by Gasteiger charge is -2.06. The molecule has 1 aromatic rings. The number of amides is 1. The average Bonchev–Trinajstić information content (AvgIpc) is 2.83. The van der Waals surface area contributed by atoms with Crippen molar-refractivity contribution in [3.05, 3.63) is 45.0 Å². The molecular weight excluding hydrogens is 272 g/mol. The first-order valence-corrected chi connectivity index (χ1v) is 6.62. The molecule has 1 aliphatic heterocycles. The van der Waals surface area contributed by atoms with Gasteiger partial charge < -0.3 is 10.4 Å². The number of hydrogen-bond donors (Lipinski definition) is 2. The number of carboxylic acid groups (broad SMARTS) is 1. The molecular formula is C11H8N2O3S2. The Kier molecular flexibility index (Phi) is 4.06. The number of rotatable bonds is 3. The second-order valence-corrected chi connectivity index (χ2v) is 5.24. The highest BCUT2D eigenvalue weighted by Crippen LogP contribution is 2.40. The van der Waals surface area contributed by atoms with Crippen molar-refractivity contribution in [1.29, 1.82) is 0 Å². The molecule has 0 fully saturated rings. The van der Waals surface area contributed by atoms with Gasteiger partial charge in [-0.25, -0.2) is 9.78 Å². The molecule has 0 atom stereocenters. The van der Waals surface area contributed by atoms with Gasteiger partial charge in [0.25, 0.3) is 5.91 Å². The second kappa shape index (κ2) is 5.74. The van der Waals surface area contributed by atoms with Crippen LogP contribution < -0.4 is 5.32 Å². The van der Waals surface area contributed by atoms with Crippen molar-refractivity contribution in [2.75, 3.05) is 5.32 Å². The highest BCUT2D eigenvalue weighted by Gasteiger charge is 2.24. The zero-order valence-electron chi connectivity index (χ0n) is 8.99. The SMILES string of the molecule is O=C(O)C(C(=O)Nc1ccccn1)=C1SC=CS1. The number of carboxylic acids is 1. The van der Waals surface area contributed by atoms with E-state index in [4.69, 9.17) is 5.11 Å². The first kappa shape index (κ1) is 12.7. The van der Waals surface area contributed by atoms with Crippen LogP contribution in [0.25, 0.3) is 0 Å². The number of nitrogens with one attached hydrogen (secondary N) is 1. The predicted octanol–water partition coefficient (Wildman–Crippen LogP) is 2.27. The van der Waals surface area contributed by atoms with E-state index in [1.807, 2.05) is 0 Å². The van der Waals surface area contributed by atoms with Gasteiger partial charge in [-0.1, -0.05) is 29.6 Å². The van der Waals surface area contributed by atoms with Crippen LogP contribution in [0.2, 0.25) is 0 Å². The van der Waals surface area contributed by atoms with E-state index in [9.17, 15) is 9.59 Å². The van der Waals surface area contributed by atoms with E-state index < -0.39 is 11.9 Å². The molecule has 7 heteroatoms. The number of anilines is 1. The first-order valence-electron chi connectivity index (χ1n) is 4.87. The molecule has 2 heterocycles. The molecule has 0 bridgehead atoms. The molecule has 0 unspecified atom stereocenters. The third-order valence-electron chi connectivity index (χ3n) is 1.96. The molecule has 2 N–H and O–H groups in total. The average molecular weight is 280 g/mol. The van der Waals surface area contributed by atoms with Crippen LogP contribution in [0.4, 0.5) is 5.82 Å². The summed E-state index contributed by atoms with van der Waals surface area (Å²) in [5.74, 6) is -1.59.